The average Bonchev–Trinajstić information content (AvgIpc) is 3.16. The summed E-state index contributed by atoms with van der Waals surface area (Å²) in [5.41, 5.74) is 0.873. The van der Waals surface area contributed by atoms with Crippen LogP contribution in [0, 0.1) is 11.3 Å². The molecular weight excluding hydrogens is 374 g/mol. The second kappa shape index (κ2) is 8.07. The molecule has 2 aromatic rings. The zero-order chi connectivity index (χ0) is 18.6. The fourth-order valence-electron chi connectivity index (χ4n) is 2.82. The van der Waals surface area contributed by atoms with E-state index in [9.17, 15) is 18.0 Å². The number of carbonyl (C=O) groups excluding carboxylic acids is 2. The maximum Gasteiger partial charge on any atom is 0.235 e. The van der Waals surface area contributed by atoms with Crippen molar-refractivity contribution in [3.8, 4) is 0 Å². The number of ketones is 1. The summed E-state index contributed by atoms with van der Waals surface area (Å²) >= 11 is 1.07. The number of sulfonamides is 1. The first kappa shape index (κ1) is 18.7. The number of thiazole rings is 1. The van der Waals surface area contributed by atoms with E-state index in [1.165, 1.54) is 6.20 Å². The summed E-state index contributed by atoms with van der Waals surface area (Å²) in [7, 11) is -3.75. The van der Waals surface area contributed by atoms with E-state index in [0.717, 1.165) is 21.2 Å². The topological polar surface area (TPSA) is 96.4 Å². The largest absolute Gasteiger partial charge is 0.354 e. The lowest BCUT2D eigenvalue weighted by Gasteiger charge is -2.27. The third-order valence-electron chi connectivity index (χ3n) is 4.11. The molecule has 0 aliphatic carbocycles. The van der Waals surface area contributed by atoms with Crippen molar-refractivity contribution in [3.63, 3.8) is 0 Å². The van der Waals surface area contributed by atoms with Crippen molar-refractivity contribution in [1.82, 2.24) is 14.6 Å². The van der Waals surface area contributed by atoms with Gasteiger partial charge in [0.25, 0.3) is 0 Å². The fourth-order valence-corrected chi connectivity index (χ4v) is 5.08. The van der Waals surface area contributed by atoms with Gasteiger partial charge in [-0.3, -0.25) is 9.59 Å². The lowest BCUT2D eigenvalue weighted by atomic mass is 9.97. The van der Waals surface area contributed by atoms with Gasteiger partial charge in [-0.1, -0.05) is 30.3 Å². The van der Waals surface area contributed by atoms with Crippen LogP contribution in [0.5, 0.6) is 0 Å². The molecule has 7 nitrogen and oxygen atoms in total. The Labute approximate surface area is 156 Å². The van der Waals surface area contributed by atoms with Crippen LogP contribution >= 0.6 is 11.3 Å². The van der Waals surface area contributed by atoms with Crippen LogP contribution in [0.15, 0.2) is 36.5 Å². The van der Waals surface area contributed by atoms with Gasteiger partial charge in [0.2, 0.25) is 15.9 Å². The predicted molar refractivity (Wildman–Crippen MR) is 97.3 cm³/mol. The molecule has 1 aromatic heterocycles. The van der Waals surface area contributed by atoms with E-state index in [4.69, 9.17) is 0 Å². The molecule has 1 fully saturated rings. The third-order valence-corrected chi connectivity index (χ3v) is 6.75. The molecule has 1 aliphatic heterocycles. The Morgan fingerprint density at radius 1 is 1.35 bits per heavy atom. The van der Waals surface area contributed by atoms with E-state index in [1.807, 2.05) is 30.3 Å². The normalized spacial score (nSPS) is 16.8. The maximum atomic E-state index is 12.8. The molecule has 1 N–H and O–H groups in total. The Morgan fingerprint density at radius 2 is 2.12 bits per heavy atom. The highest BCUT2D eigenvalue weighted by Gasteiger charge is 2.33. The quantitative estimate of drug-likeness (QED) is 0.702. The van der Waals surface area contributed by atoms with Gasteiger partial charge in [0.1, 0.15) is 0 Å². The molecule has 137 valence electrons. The number of amides is 1. The zero-order valence-electron chi connectivity index (χ0n) is 13.9. The molecule has 1 aliphatic rings. The fraction of sp³-hybridized carbons (Fsp3) is 0.353. The summed E-state index contributed by atoms with van der Waals surface area (Å²) in [5.74, 6) is -1.77. The molecule has 0 unspecified atom stereocenters. The minimum absolute atomic E-state index is 0.209. The molecule has 1 saturated heterocycles. The van der Waals surface area contributed by atoms with Crippen LogP contribution in [0.1, 0.15) is 15.4 Å². The Bertz CT molecular complexity index is 867. The van der Waals surface area contributed by atoms with Crippen molar-refractivity contribution in [1.29, 1.82) is 0 Å². The molecule has 1 amide bonds. The molecule has 9 heteroatoms. The van der Waals surface area contributed by atoms with Crippen molar-refractivity contribution in [3.05, 3.63) is 52.5 Å². The van der Waals surface area contributed by atoms with Crippen molar-refractivity contribution in [2.24, 2.45) is 5.92 Å². The highest BCUT2D eigenvalue weighted by Crippen LogP contribution is 2.20. The number of hydrogen-bond donors (Lipinski definition) is 1. The van der Waals surface area contributed by atoms with Crippen LogP contribution in [0.2, 0.25) is 0 Å². The molecule has 1 radical (unpaired) electrons. The van der Waals surface area contributed by atoms with Crippen molar-refractivity contribution < 1.29 is 18.0 Å². The number of rotatable bonds is 7. The second-order valence-corrected chi connectivity index (χ2v) is 8.84. The number of nitrogens with one attached hydrogen (secondary N) is 1. The molecule has 26 heavy (non-hydrogen) atoms. The molecule has 1 aromatic carbocycles. The summed E-state index contributed by atoms with van der Waals surface area (Å²) in [5, 5.41) is 5.60. The van der Waals surface area contributed by atoms with E-state index in [2.05, 4.69) is 15.7 Å². The van der Waals surface area contributed by atoms with Crippen LogP contribution in [0.3, 0.4) is 0 Å². The lowest BCUT2D eigenvalue weighted by molar-refractivity contribution is -0.122. The highest BCUT2D eigenvalue weighted by molar-refractivity contribution is 7.89. The molecule has 1 atom stereocenters. The number of piperazine rings is 1. The number of nitrogens with zero attached hydrogens (tertiary/aromatic N) is 2. The van der Waals surface area contributed by atoms with Gasteiger partial charge in [-0.15, -0.1) is 11.3 Å². The highest BCUT2D eigenvalue weighted by atomic mass is 32.2. The van der Waals surface area contributed by atoms with E-state index in [-0.39, 0.29) is 42.1 Å². The van der Waals surface area contributed by atoms with Gasteiger partial charge < -0.3 is 5.32 Å². The first-order chi connectivity index (χ1) is 12.5. The first-order valence-corrected chi connectivity index (χ1v) is 10.5. The second-order valence-electron chi connectivity index (χ2n) is 6.00. The van der Waals surface area contributed by atoms with Crippen molar-refractivity contribution in [2.45, 2.75) is 6.42 Å². The minimum atomic E-state index is -3.75. The number of hydrogen-bond acceptors (Lipinski definition) is 6. The van der Waals surface area contributed by atoms with Crippen LogP contribution in [0.4, 0.5) is 0 Å². The maximum absolute atomic E-state index is 12.8. The summed E-state index contributed by atoms with van der Waals surface area (Å²) in [4.78, 5) is 28.3. The number of carbonyl (C=O) groups is 2. The standard InChI is InChI=1S/C17H18N3O4S2/c21-15-11-20(8-6-18-15)26(23,24)12-14(10-13-4-2-1-3-5-13)16(22)17-19-7-9-25-17/h1-5,7,14H,6,8,10-12H2,(H,18,21)/t14-/m0/s1. The minimum Gasteiger partial charge on any atom is -0.354 e. The SMILES string of the molecule is O=C1CN(S(=O)(=O)C[C@H](Cc2ccccc2)C(=O)c2nc[c]s2)CCN1. The van der Waals surface area contributed by atoms with Crippen molar-refractivity contribution in [2.75, 3.05) is 25.4 Å². The molecule has 0 spiro atoms. The average molecular weight is 392 g/mol. The van der Waals surface area contributed by atoms with Crippen molar-refractivity contribution >= 4 is 33.1 Å². The predicted octanol–water partition coefficient (Wildman–Crippen LogP) is 0.746. The molecule has 0 saturated carbocycles. The smallest absolute Gasteiger partial charge is 0.235 e. The Kier molecular flexibility index (Phi) is 5.80. The zero-order valence-corrected chi connectivity index (χ0v) is 15.6. The van der Waals surface area contributed by atoms with Gasteiger partial charge in [-0.25, -0.2) is 13.4 Å². The van der Waals surface area contributed by atoms with E-state index >= 15 is 0 Å². The lowest BCUT2D eigenvalue weighted by Crippen LogP contribution is -2.51. The molecule has 2 heterocycles. The van der Waals surface area contributed by atoms with E-state index in [0.29, 0.717) is 6.42 Å². The molecule has 0 bridgehead atoms. The summed E-state index contributed by atoms with van der Waals surface area (Å²) in [6, 6.07) is 9.26. The summed E-state index contributed by atoms with van der Waals surface area (Å²) in [6.07, 6.45) is 1.69. The van der Waals surface area contributed by atoms with Gasteiger partial charge in [-0.2, -0.15) is 4.31 Å². The summed E-state index contributed by atoms with van der Waals surface area (Å²) < 4.78 is 26.7. The van der Waals surface area contributed by atoms with Crippen LogP contribution in [-0.2, 0) is 21.2 Å². The van der Waals surface area contributed by atoms with E-state index < -0.39 is 15.9 Å². The van der Waals surface area contributed by atoms with Gasteiger partial charge in [-0.05, 0) is 12.0 Å². The van der Waals surface area contributed by atoms with Gasteiger partial charge >= 0.3 is 0 Å². The van der Waals surface area contributed by atoms with Crippen LogP contribution in [0.25, 0.3) is 0 Å². The Hall–Kier alpha value is -2.10. The van der Waals surface area contributed by atoms with Gasteiger partial charge in [0.15, 0.2) is 10.8 Å². The molecular formula is C17H18N3O4S2. The van der Waals surface area contributed by atoms with Crippen LogP contribution in [-0.4, -0.2) is 54.8 Å². The first-order valence-electron chi connectivity index (χ1n) is 8.10. The summed E-state index contributed by atoms with van der Waals surface area (Å²) in [6.45, 7) is 0.280. The third kappa shape index (κ3) is 4.54. The van der Waals surface area contributed by atoms with E-state index in [1.54, 1.807) is 0 Å². The number of Topliss-reactive ketones (excluding diaryl/α,β-unsaturated/α-hetero) is 1. The van der Waals surface area contributed by atoms with Crippen LogP contribution < -0.4 is 5.32 Å². The Morgan fingerprint density at radius 3 is 2.77 bits per heavy atom. The van der Waals surface area contributed by atoms with Gasteiger partial charge in [0.05, 0.1) is 17.7 Å². The molecule has 3 rings (SSSR count). The number of benzene rings is 1. The number of aromatic nitrogens is 1. The monoisotopic (exact) mass is 392 g/mol. The van der Waals surface area contributed by atoms with Gasteiger partial charge in [0, 0.05) is 25.2 Å². The Balaban J connectivity index is 1.82.